The zero-order valence-corrected chi connectivity index (χ0v) is 9.43. The van der Waals surface area contributed by atoms with Gasteiger partial charge in [0.1, 0.15) is 0 Å². The van der Waals surface area contributed by atoms with Gasteiger partial charge in [-0.15, -0.1) is 0 Å². The van der Waals surface area contributed by atoms with E-state index in [1.165, 1.54) is 0 Å². The van der Waals surface area contributed by atoms with E-state index in [0.717, 1.165) is 25.7 Å². The van der Waals surface area contributed by atoms with Crippen LogP contribution in [0, 0.1) is 17.8 Å². The van der Waals surface area contributed by atoms with Crippen molar-refractivity contribution in [3.8, 4) is 0 Å². The molecule has 0 heterocycles. The Hall–Kier alpha value is -1.10. The molecule has 5 nitrogen and oxygen atoms in total. The lowest BCUT2D eigenvalue weighted by Gasteiger charge is -2.32. The minimum Gasteiger partial charge on any atom is -0.481 e. The molecule has 5 heteroatoms. The van der Waals surface area contributed by atoms with E-state index in [1.807, 2.05) is 0 Å². The molecule has 1 saturated carbocycles. The molecule has 0 spiro atoms. The number of carboxylic acids is 2. The van der Waals surface area contributed by atoms with Crippen LogP contribution < -0.4 is 5.73 Å². The minimum atomic E-state index is -1.47. The van der Waals surface area contributed by atoms with Gasteiger partial charge in [-0.1, -0.05) is 19.8 Å². The van der Waals surface area contributed by atoms with E-state index in [9.17, 15) is 9.59 Å². The largest absolute Gasteiger partial charge is 0.481 e. The van der Waals surface area contributed by atoms with Gasteiger partial charge in [0.25, 0.3) is 0 Å². The van der Waals surface area contributed by atoms with Crippen LogP contribution in [0.2, 0.25) is 0 Å². The van der Waals surface area contributed by atoms with Crippen LogP contribution in [0.25, 0.3) is 0 Å². The van der Waals surface area contributed by atoms with Crippen molar-refractivity contribution in [3.63, 3.8) is 0 Å². The molecule has 1 aliphatic carbocycles. The molecule has 1 rings (SSSR count). The lowest BCUT2D eigenvalue weighted by atomic mass is 9.76. The Kier molecular flexibility index (Phi) is 4.29. The predicted molar refractivity (Wildman–Crippen MR) is 57.9 cm³/mol. The van der Waals surface area contributed by atoms with Crippen molar-refractivity contribution in [1.82, 2.24) is 0 Å². The van der Waals surface area contributed by atoms with E-state index in [2.05, 4.69) is 6.92 Å². The first-order chi connectivity index (χ1) is 7.43. The fourth-order valence-electron chi connectivity index (χ4n) is 2.38. The third-order valence-electron chi connectivity index (χ3n) is 3.52. The summed E-state index contributed by atoms with van der Waals surface area (Å²) in [5.41, 5.74) is 5.78. The summed E-state index contributed by atoms with van der Waals surface area (Å²) in [4.78, 5) is 21.7. The molecule has 0 radical (unpaired) electrons. The smallest absolute Gasteiger partial charge is 0.319 e. The standard InChI is InChI=1S/C11H19NO4/c1-6-2-4-7(5-3-6)9(12)8(10(13)14)11(15)16/h6-9H,2-5,12H2,1H3,(H,13,14)(H,15,16). The number of hydrogen-bond acceptors (Lipinski definition) is 3. The molecule has 4 N–H and O–H groups in total. The molecule has 0 amide bonds. The van der Waals surface area contributed by atoms with Gasteiger partial charge >= 0.3 is 11.9 Å². The van der Waals surface area contributed by atoms with Crippen LogP contribution in [-0.4, -0.2) is 28.2 Å². The second kappa shape index (κ2) is 5.30. The number of carboxylic acid groups (broad SMARTS) is 2. The van der Waals surface area contributed by atoms with E-state index >= 15 is 0 Å². The minimum absolute atomic E-state index is 0.0217. The molecule has 16 heavy (non-hydrogen) atoms. The Balaban J connectivity index is 2.64. The zero-order chi connectivity index (χ0) is 12.3. The highest BCUT2D eigenvalue weighted by molar-refractivity contribution is 5.93. The molecule has 1 fully saturated rings. The lowest BCUT2D eigenvalue weighted by Crippen LogP contribution is -2.46. The van der Waals surface area contributed by atoms with E-state index in [1.54, 1.807) is 0 Å². The molecule has 0 aromatic rings. The van der Waals surface area contributed by atoms with Gasteiger partial charge in [-0.3, -0.25) is 9.59 Å². The predicted octanol–water partition coefficient (Wildman–Crippen LogP) is 0.925. The SMILES string of the molecule is CC1CCC(C(N)C(C(=O)O)C(=O)O)CC1. The third kappa shape index (κ3) is 2.95. The van der Waals surface area contributed by atoms with Crippen LogP contribution in [0.1, 0.15) is 32.6 Å². The molecule has 0 bridgehead atoms. The van der Waals surface area contributed by atoms with Gasteiger partial charge in [-0.05, 0) is 24.7 Å². The maximum atomic E-state index is 10.8. The fraction of sp³-hybridized carbons (Fsp3) is 0.818. The Bertz CT molecular complexity index is 257. The van der Waals surface area contributed by atoms with Gasteiger partial charge in [0.05, 0.1) is 0 Å². The molecule has 1 atom stereocenters. The maximum absolute atomic E-state index is 10.8. The normalized spacial score (nSPS) is 27.7. The van der Waals surface area contributed by atoms with Crippen LogP contribution in [0.4, 0.5) is 0 Å². The number of hydrogen-bond donors (Lipinski definition) is 3. The summed E-state index contributed by atoms with van der Waals surface area (Å²) in [7, 11) is 0. The number of aliphatic carboxylic acids is 2. The van der Waals surface area contributed by atoms with Crippen LogP contribution in [0.5, 0.6) is 0 Å². The van der Waals surface area contributed by atoms with Gasteiger partial charge < -0.3 is 15.9 Å². The average Bonchev–Trinajstić information content (AvgIpc) is 2.17. The number of nitrogens with two attached hydrogens (primary N) is 1. The van der Waals surface area contributed by atoms with Gasteiger partial charge in [-0.25, -0.2) is 0 Å². The summed E-state index contributed by atoms with van der Waals surface area (Å²) < 4.78 is 0. The molecular weight excluding hydrogens is 210 g/mol. The van der Waals surface area contributed by atoms with Crippen molar-refractivity contribution in [2.24, 2.45) is 23.5 Å². The van der Waals surface area contributed by atoms with Crippen molar-refractivity contribution in [2.45, 2.75) is 38.6 Å². The Labute approximate surface area is 94.6 Å². The average molecular weight is 229 g/mol. The van der Waals surface area contributed by atoms with Crippen LogP contribution in [0.15, 0.2) is 0 Å². The molecule has 0 aliphatic heterocycles. The van der Waals surface area contributed by atoms with E-state index < -0.39 is 23.9 Å². The monoisotopic (exact) mass is 229 g/mol. The number of rotatable bonds is 4. The highest BCUT2D eigenvalue weighted by Crippen LogP contribution is 2.32. The van der Waals surface area contributed by atoms with Crippen molar-refractivity contribution < 1.29 is 19.8 Å². The quantitative estimate of drug-likeness (QED) is 0.622. The summed E-state index contributed by atoms with van der Waals surface area (Å²) in [6, 6.07) is -0.775. The van der Waals surface area contributed by atoms with Gasteiger partial charge in [-0.2, -0.15) is 0 Å². The highest BCUT2D eigenvalue weighted by Gasteiger charge is 2.38. The molecule has 0 aromatic heterocycles. The first kappa shape index (κ1) is 13.0. The fourth-order valence-corrected chi connectivity index (χ4v) is 2.38. The van der Waals surface area contributed by atoms with E-state index in [-0.39, 0.29) is 5.92 Å². The second-order valence-corrected chi connectivity index (χ2v) is 4.75. The second-order valence-electron chi connectivity index (χ2n) is 4.75. The molecule has 0 aromatic carbocycles. The summed E-state index contributed by atoms with van der Waals surface area (Å²) in [5, 5.41) is 17.7. The Morgan fingerprint density at radius 1 is 1.12 bits per heavy atom. The van der Waals surface area contributed by atoms with Crippen LogP contribution in [-0.2, 0) is 9.59 Å². The Morgan fingerprint density at radius 2 is 1.56 bits per heavy atom. The molecule has 1 aliphatic rings. The van der Waals surface area contributed by atoms with Crippen molar-refractivity contribution >= 4 is 11.9 Å². The Morgan fingerprint density at radius 3 is 1.94 bits per heavy atom. The van der Waals surface area contributed by atoms with Crippen molar-refractivity contribution in [1.29, 1.82) is 0 Å². The van der Waals surface area contributed by atoms with Gasteiger partial charge in [0.15, 0.2) is 5.92 Å². The summed E-state index contributed by atoms with van der Waals surface area (Å²) in [6.07, 6.45) is 3.67. The maximum Gasteiger partial charge on any atom is 0.319 e. The molecular formula is C11H19NO4. The lowest BCUT2D eigenvalue weighted by molar-refractivity contribution is -0.156. The highest BCUT2D eigenvalue weighted by atomic mass is 16.4. The topological polar surface area (TPSA) is 101 Å². The summed E-state index contributed by atoms with van der Waals surface area (Å²) in [6.45, 7) is 2.15. The summed E-state index contributed by atoms with van der Waals surface area (Å²) >= 11 is 0. The van der Waals surface area contributed by atoms with Gasteiger partial charge in [0.2, 0.25) is 0 Å². The first-order valence-electron chi connectivity index (χ1n) is 5.64. The van der Waals surface area contributed by atoms with Crippen LogP contribution in [0.3, 0.4) is 0 Å². The summed E-state index contributed by atoms with van der Waals surface area (Å²) in [5.74, 6) is -3.49. The molecule has 92 valence electrons. The zero-order valence-electron chi connectivity index (χ0n) is 9.43. The number of carbonyl (C=O) groups is 2. The first-order valence-corrected chi connectivity index (χ1v) is 5.64. The van der Waals surface area contributed by atoms with Gasteiger partial charge in [0, 0.05) is 6.04 Å². The van der Waals surface area contributed by atoms with E-state index in [4.69, 9.17) is 15.9 Å². The van der Waals surface area contributed by atoms with Crippen LogP contribution >= 0.6 is 0 Å². The van der Waals surface area contributed by atoms with E-state index in [0.29, 0.717) is 5.92 Å². The van der Waals surface area contributed by atoms with Crippen molar-refractivity contribution in [3.05, 3.63) is 0 Å². The third-order valence-corrected chi connectivity index (χ3v) is 3.52. The molecule has 0 saturated heterocycles. The molecule has 1 unspecified atom stereocenters. The van der Waals surface area contributed by atoms with Crippen molar-refractivity contribution in [2.75, 3.05) is 0 Å².